The van der Waals surface area contributed by atoms with Crippen LogP contribution in [0.2, 0.25) is 0 Å². The SMILES string of the molecule is CC1=NC2CCCCC2C(=O)N1CCOC1CCC(CC2SC(=N)NC2=O)CC1. The molecule has 1 saturated heterocycles. The fourth-order valence-electron chi connectivity index (χ4n) is 5.22. The Balaban J connectivity index is 1.18. The van der Waals surface area contributed by atoms with Crippen LogP contribution in [-0.4, -0.2) is 58.3 Å². The summed E-state index contributed by atoms with van der Waals surface area (Å²) >= 11 is 1.35. The van der Waals surface area contributed by atoms with Gasteiger partial charge in [0.05, 0.1) is 36.5 Å². The monoisotopic (exact) mass is 420 g/mol. The number of carbonyl (C=O) groups excluding carboxylic acids is 2. The molecule has 0 aromatic carbocycles. The average Bonchev–Trinajstić information content (AvgIpc) is 3.02. The van der Waals surface area contributed by atoms with Crippen LogP contribution in [0.5, 0.6) is 0 Å². The maximum Gasteiger partial charge on any atom is 0.239 e. The number of hydrogen-bond acceptors (Lipinski definition) is 6. The molecule has 0 aromatic rings. The summed E-state index contributed by atoms with van der Waals surface area (Å²) < 4.78 is 6.11. The first-order chi connectivity index (χ1) is 14.0. The molecule has 2 aliphatic heterocycles. The number of carbonyl (C=O) groups is 2. The van der Waals surface area contributed by atoms with Crippen LogP contribution in [0.15, 0.2) is 4.99 Å². The second kappa shape index (κ2) is 9.16. The summed E-state index contributed by atoms with van der Waals surface area (Å²) in [6.45, 7) is 3.10. The van der Waals surface area contributed by atoms with Crippen molar-refractivity contribution in [3.05, 3.63) is 0 Å². The first kappa shape index (κ1) is 20.8. The van der Waals surface area contributed by atoms with Crippen molar-refractivity contribution >= 4 is 34.6 Å². The van der Waals surface area contributed by atoms with E-state index in [9.17, 15) is 9.59 Å². The lowest BCUT2D eigenvalue weighted by molar-refractivity contribution is -0.135. The predicted octanol–water partition coefficient (Wildman–Crippen LogP) is 2.94. The molecule has 8 heteroatoms. The number of ether oxygens (including phenoxy) is 1. The first-order valence-electron chi connectivity index (χ1n) is 11.0. The smallest absolute Gasteiger partial charge is 0.239 e. The molecule has 3 fully saturated rings. The molecule has 29 heavy (non-hydrogen) atoms. The standard InChI is InChI=1S/C21H32N4O3S/c1-13-23-17-5-3-2-4-16(17)20(27)25(13)10-11-28-15-8-6-14(7-9-15)12-18-19(26)24-21(22)29-18/h14-18H,2-12H2,1H3,(H2,22,24,26). The van der Waals surface area contributed by atoms with E-state index in [-0.39, 0.29) is 40.3 Å². The van der Waals surface area contributed by atoms with Crippen molar-refractivity contribution in [1.29, 1.82) is 5.41 Å². The Hall–Kier alpha value is -1.41. The molecule has 2 saturated carbocycles. The molecular weight excluding hydrogens is 388 g/mol. The van der Waals surface area contributed by atoms with E-state index in [2.05, 4.69) is 5.32 Å². The van der Waals surface area contributed by atoms with E-state index < -0.39 is 0 Å². The van der Waals surface area contributed by atoms with E-state index in [1.54, 1.807) is 0 Å². The number of nitrogens with zero attached hydrogens (tertiary/aromatic N) is 2. The molecule has 3 unspecified atom stereocenters. The van der Waals surface area contributed by atoms with Gasteiger partial charge in [0.1, 0.15) is 5.84 Å². The van der Waals surface area contributed by atoms with Crippen LogP contribution in [0.4, 0.5) is 0 Å². The van der Waals surface area contributed by atoms with E-state index in [4.69, 9.17) is 15.1 Å². The van der Waals surface area contributed by atoms with E-state index in [1.165, 1.54) is 18.2 Å². The third-order valence-electron chi connectivity index (χ3n) is 6.85. The van der Waals surface area contributed by atoms with Gasteiger partial charge in [-0.05, 0) is 57.8 Å². The van der Waals surface area contributed by atoms with Gasteiger partial charge < -0.3 is 10.1 Å². The number of hydrogen-bond donors (Lipinski definition) is 2. The van der Waals surface area contributed by atoms with Crippen LogP contribution in [0.25, 0.3) is 0 Å². The maximum absolute atomic E-state index is 12.8. The van der Waals surface area contributed by atoms with Crippen molar-refractivity contribution < 1.29 is 14.3 Å². The highest BCUT2D eigenvalue weighted by molar-refractivity contribution is 8.15. The highest BCUT2D eigenvalue weighted by Gasteiger charge is 2.38. The first-order valence-corrected chi connectivity index (χ1v) is 11.9. The Morgan fingerprint density at radius 3 is 2.66 bits per heavy atom. The molecule has 2 aliphatic carbocycles. The largest absolute Gasteiger partial charge is 0.376 e. The minimum absolute atomic E-state index is 0.0122. The Labute approximate surface area is 176 Å². The van der Waals surface area contributed by atoms with Gasteiger partial charge in [0.2, 0.25) is 11.8 Å². The summed E-state index contributed by atoms with van der Waals surface area (Å²) in [6, 6.07) is 0.201. The second-order valence-corrected chi connectivity index (χ2v) is 10.0. The molecule has 4 aliphatic rings. The van der Waals surface area contributed by atoms with Crippen molar-refractivity contribution in [2.24, 2.45) is 16.8 Å². The molecule has 2 amide bonds. The third kappa shape index (κ3) is 4.85. The van der Waals surface area contributed by atoms with E-state index in [0.29, 0.717) is 19.1 Å². The molecule has 0 aromatic heterocycles. The normalized spacial score (nSPS) is 35.3. The zero-order valence-corrected chi connectivity index (χ0v) is 18.0. The van der Waals surface area contributed by atoms with Gasteiger partial charge in [-0.3, -0.25) is 24.9 Å². The van der Waals surface area contributed by atoms with Gasteiger partial charge in [-0.1, -0.05) is 24.6 Å². The molecule has 4 rings (SSSR count). The second-order valence-electron chi connectivity index (χ2n) is 8.80. The maximum atomic E-state index is 12.8. The van der Waals surface area contributed by atoms with Gasteiger partial charge >= 0.3 is 0 Å². The van der Waals surface area contributed by atoms with Gasteiger partial charge in [0, 0.05) is 0 Å². The van der Waals surface area contributed by atoms with E-state index >= 15 is 0 Å². The quantitative estimate of drug-likeness (QED) is 0.691. The number of aliphatic imine (C=N–C) groups is 1. The highest BCUT2D eigenvalue weighted by Crippen LogP contribution is 2.34. The number of amides is 2. The van der Waals surface area contributed by atoms with Gasteiger partial charge in [-0.2, -0.15) is 0 Å². The van der Waals surface area contributed by atoms with Crippen molar-refractivity contribution in [3.8, 4) is 0 Å². The molecule has 0 bridgehead atoms. The summed E-state index contributed by atoms with van der Waals surface area (Å²) in [4.78, 5) is 31.3. The van der Waals surface area contributed by atoms with Crippen LogP contribution < -0.4 is 5.32 Å². The Bertz CT molecular complexity index is 689. The molecule has 7 nitrogen and oxygen atoms in total. The summed E-state index contributed by atoms with van der Waals surface area (Å²) in [5.74, 6) is 1.69. The van der Waals surface area contributed by atoms with Crippen molar-refractivity contribution in [1.82, 2.24) is 10.2 Å². The van der Waals surface area contributed by atoms with Crippen molar-refractivity contribution in [2.45, 2.75) is 82.1 Å². The van der Waals surface area contributed by atoms with Crippen LogP contribution in [0.3, 0.4) is 0 Å². The third-order valence-corrected chi connectivity index (χ3v) is 7.88. The number of thioether (sulfide) groups is 1. The molecular formula is C21H32N4O3S. The Morgan fingerprint density at radius 1 is 1.17 bits per heavy atom. The van der Waals surface area contributed by atoms with Crippen LogP contribution >= 0.6 is 11.8 Å². The van der Waals surface area contributed by atoms with Gasteiger partial charge in [-0.15, -0.1) is 0 Å². The van der Waals surface area contributed by atoms with Crippen LogP contribution in [-0.2, 0) is 14.3 Å². The van der Waals surface area contributed by atoms with Crippen molar-refractivity contribution in [2.75, 3.05) is 13.2 Å². The number of fused-ring (bicyclic) bond motifs is 1. The minimum atomic E-state index is -0.0963. The summed E-state index contributed by atoms with van der Waals surface area (Å²) in [5.41, 5.74) is 0. The van der Waals surface area contributed by atoms with E-state index in [0.717, 1.165) is 57.2 Å². The predicted molar refractivity (Wildman–Crippen MR) is 114 cm³/mol. The molecule has 2 N–H and O–H groups in total. The van der Waals surface area contributed by atoms with Crippen LogP contribution in [0.1, 0.15) is 64.7 Å². The summed E-state index contributed by atoms with van der Waals surface area (Å²) in [6.07, 6.45) is 9.58. The molecule has 2 heterocycles. The zero-order valence-electron chi connectivity index (χ0n) is 17.2. The van der Waals surface area contributed by atoms with Gasteiger partial charge in [0.25, 0.3) is 0 Å². The Morgan fingerprint density at radius 2 is 1.93 bits per heavy atom. The molecule has 160 valence electrons. The summed E-state index contributed by atoms with van der Waals surface area (Å²) in [5, 5.41) is 10.3. The van der Waals surface area contributed by atoms with Gasteiger partial charge in [-0.25, -0.2) is 0 Å². The van der Waals surface area contributed by atoms with Crippen LogP contribution in [0, 0.1) is 17.2 Å². The topological polar surface area (TPSA) is 94.8 Å². The minimum Gasteiger partial charge on any atom is -0.376 e. The lowest BCUT2D eigenvalue weighted by atomic mass is 9.83. The lowest BCUT2D eigenvalue weighted by Crippen LogP contribution is -2.50. The molecule has 3 atom stereocenters. The van der Waals surface area contributed by atoms with Crippen molar-refractivity contribution in [3.63, 3.8) is 0 Å². The molecule has 0 spiro atoms. The number of nitrogens with one attached hydrogen (secondary N) is 2. The molecule has 0 radical (unpaired) electrons. The fourth-order valence-corrected chi connectivity index (χ4v) is 6.19. The lowest BCUT2D eigenvalue weighted by Gasteiger charge is -2.38. The fraction of sp³-hybridized carbons (Fsp3) is 0.810. The number of rotatable bonds is 6. The Kier molecular flexibility index (Phi) is 6.59. The number of amidine groups is 2. The summed E-state index contributed by atoms with van der Waals surface area (Å²) in [7, 11) is 0. The van der Waals surface area contributed by atoms with E-state index in [1.807, 2.05) is 11.8 Å². The average molecular weight is 421 g/mol. The van der Waals surface area contributed by atoms with Gasteiger partial charge in [0.15, 0.2) is 5.17 Å². The highest BCUT2D eigenvalue weighted by atomic mass is 32.2. The zero-order chi connectivity index (χ0) is 20.4.